The van der Waals surface area contributed by atoms with Gasteiger partial charge in [-0.05, 0) is 24.5 Å². The summed E-state index contributed by atoms with van der Waals surface area (Å²) in [6.45, 7) is 2.82. The van der Waals surface area contributed by atoms with E-state index >= 15 is 4.39 Å². The molecule has 2 aromatic rings. The molecule has 4 N–H and O–H groups in total. The number of allylic oxidation sites excluding steroid dienone is 2. The Hall–Kier alpha value is -2.66. The smallest absolute Gasteiger partial charge is 0.280 e. The molecule has 1 amide bonds. The molecule has 0 spiro atoms. The fourth-order valence-corrected chi connectivity index (χ4v) is 4.61. The highest BCUT2D eigenvalue weighted by Gasteiger charge is 2.43. The molecule has 202 valence electrons. The molecular weight excluding hydrogens is 535 g/mol. The zero-order chi connectivity index (χ0) is 25.3. The zero-order valence-electron chi connectivity index (χ0n) is 19.9. The first kappa shape index (κ1) is 30.6. The Morgan fingerprint density at radius 3 is 2.59 bits per heavy atom. The molecule has 1 aromatic carbocycles. The van der Waals surface area contributed by atoms with Crippen LogP contribution >= 0.6 is 24.8 Å². The van der Waals surface area contributed by atoms with Crippen molar-refractivity contribution in [3.8, 4) is 0 Å². The summed E-state index contributed by atoms with van der Waals surface area (Å²) in [6, 6.07) is 6.11. The second-order valence-electron chi connectivity index (χ2n) is 9.01. The summed E-state index contributed by atoms with van der Waals surface area (Å²) in [5.74, 6) is -6.90. The fourth-order valence-electron chi connectivity index (χ4n) is 4.61. The van der Waals surface area contributed by atoms with Crippen molar-refractivity contribution in [2.75, 3.05) is 23.3 Å². The van der Waals surface area contributed by atoms with E-state index in [9.17, 15) is 23.1 Å². The van der Waals surface area contributed by atoms with Crippen LogP contribution in [-0.4, -0.2) is 41.1 Å². The highest BCUT2D eigenvalue weighted by atomic mass is 35.5. The maximum absolute atomic E-state index is 15.3. The summed E-state index contributed by atoms with van der Waals surface area (Å²) in [5, 5.41) is 12.1. The van der Waals surface area contributed by atoms with E-state index in [2.05, 4.69) is 10.3 Å². The standard InChI is InChI=1S/C25H26F4N4O2.2ClH/c1-14-8-15(30)12-33(11-14)21-9-16(13-34)31-10-20(21)32-24(35)18-6-7-25(28,29)22(23(18)27)17-4-2-3-5-19(17)26;;/h2-6,9-10,14-15,34H,7-8,11-13,30H2,1H3,(H,32,35);2*1H/t14-,15+;;/m1../s1. The Bertz CT molecular complexity index is 1200. The van der Waals surface area contributed by atoms with Gasteiger partial charge in [0.05, 0.1) is 41.0 Å². The quantitative estimate of drug-likeness (QED) is 0.445. The molecule has 2 heterocycles. The number of aromatic nitrogens is 1. The van der Waals surface area contributed by atoms with Crippen LogP contribution in [0.4, 0.5) is 28.9 Å². The molecule has 1 saturated heterocycles. The van der Waals surface area contributed by atoms with E-state index in [4.69, 9.17) is 5.73 Å². The summed E-state index contributed by atoms with van der Waals surface area (Å²) in [6.07, 6.45) is 2.00. The number of piperidine rings is 1. The van der Waals surface area contributed by atoms with E-state index in [1.54, 1.807) is 6.07 Å². The van der Waals surface area contributed by atoms with Gasteiger partial charge in [0, 0.05) is 31.1 Å². The predicted octanol–water partition coefficient (Wildman–Crippen LogP) is 5.01. The molecule has 1 aromatic heterocycles. The number of hydrogen-bond acceptors (Lipinski definition) is 5. The SMILES string of the molecule is C[C@@H]1C[C@H](N)CN(c2cc(CO)ncc2NC(=O)C2=CCC(F)(F)C(c3ccccc3F)=C2F)C1.Cl.Cl. The van der Waals surface area contributed by atoms with Crippen molar-refractivity contribution in [3.63, 3.8) is 0 Å². The number of carbonyl (C=O) groups excluding carboxylic acids is 1. The average Bonchev–Trinajstić information content (AvgIpc) is 2.79. The van der Waals surface area contributed by atoms with Crippen LogP contribution < -0.4 is 16.0 Å². The molecule has 2 atom stereocenters. The molecule has 37 heavy (non-hydrogen) atoms. The minimum absolute atomic E-state index is 0. The van der Waals surface area contributed by atoms with Crippen LogP contribution in [0.2, 0.25) is 0 Å². The van der Waals surface area contributed by atoms with Gasteiger partial charge >= 0.3 is 0 Å². The van der Waals surface area contributed by atoms with Gasteiger partial charge in [-0.25, -0.2) is 17.6 Å². The number of nitrogens with one attached hydrogen (secondary N) is 1. The Balaban J connectivity index is 0.00000241. The van der Waals surface area contributed by atoms with Gasteiger partial charge in [0.15, 0.2) is 0 Å². The largest absolute Gasteiger partial charge is 0.390 e. The number of halogens is 6. The van der Waals surface area contributed by atoms with Gasteiger partial charge in [0.1, 0.15) is 11.6 Å². The monoisotopic (exact) mass is 562 g/mol. The van der Waals surface area contributed by atoms with Gasteiger partial charge in [0.25, 0.3) is 11.8 Å². The number of pyridine rings is 1. The molecule has 0 unspecified atom stereocenters. The Morgan fingerprint density at radius 1 is 1.24 bits per heavy atom. The van der Waals surface area contributed by atoms with E-state index in [1.807, 2.05) is 11.8 Å². The maximum Gasteiger partial charge on any atom is 0.280 e. The van der Waals surface area contributed by atoms with Crippen LogP contribution in [0.25, 0.3) is 5.57 Å². The zero-order valence-corrected chi connectivity index (χ0v) is 21.5. The minimum Gasteiger partial charge on any atom is -0.390 e. The van der Waals surface area contributed by atoms with Crippen molar-refractivity contribution < 1.29 is 27.5 Å². The highest BCUT2D eigenvalue weighted by Crippen LogP contribution is 2.45. The first-order valence-corrected chi connectivity index (χ1v) is 11.3. The first-order chi connectivity index (χ1) is 16.6. The molecule has 2 aliphatic rings. The molecule has 1 aliphatic heterocycles. The topological polar surface area (TPSA) is 91.5 Å². The number of benzene rings is 1. The molecule has 12 heteroatoms. The number of alkyl halides is 2. The van der Waals surface area contributed by atoms with Gasteiger partial charge in [0.2, 0.25) is 0 Å². The van der Waals surface area contributed by atoms with Crippen molar-refractivity contribution in [2.24, 2.45) is 11.7 Å². The molecule has 0 bridgehead atoms. The summed E-state index contributed by atoms with van der Waals surface area (Å²) < 4.78 is 58.8. The van der Waals surface area contributed by atoms with Crippen molar-refractivity contribution in [1.82, 2.24) is 4.98 Å². The maximum atomic E-state index is 15.3. The van der Waals surface area contributed by atoms with Crippen molar-refractivity contribution in [2.45, 2.75) is 38.3 Å². The Morgan fingerprint density at radius 2 is 1.95 bits per heavy atom. The number of hydrogen-bond donors (Lipinski definition) is 3. The number of aliphatic hydroxyl groups is 1. The van der Waals surface area contributed by atoms with Crippen LogP contribution in [-0.2, 0) is 11.4 Å². The predicted molar refractivity (Wildman–Crippen MR) is 139 cm³/mol. The van der Waals surface area contributed by atoms with Crippen molar-refractivity contribution in [1.29, 1.82) is 0 Å². The van der Waals surface area contributed by atoms with Crippen LogP contribution in [0.15, 0.2) is 54.0 Å². The summed E-state index contributed by atoms with van der Waals surface area (Å²) in [4.78, 5) is 19.1. The third kappa shape index (κ3) is 6.43. The number of nitrogens with two attached hydrogens (primary N) is 1. The molecule has 6 nitrogen and oxygen atoms in total. The Labute approximate surface area is 224 Å². The number of amides is 1. The van der Waals surface area contributed by atoms with E-state index in [0.717, 1.165) is 24.6 Å². The number of anilines is 2. The fraction of sp³-hybridized carbons (Fsp3) is 0.360. The van der Waals surface area contributed by atoms with Crippen LogP contribution in [0.3, 0.4) is 0 Å². The van der Waals surface area contributed by atoms with E-state index < -0.39 is 46.6 Å². The number of nitrogens with zero attached hydrogens (tertiary/aromatic N) is 2. The highest BCUT2D eigenvalue weighted by molar-refractivity contribution is 6.10. The van der Waals surface area contributed by atoms with Crippen molar-refractivity contribution in [3.05, 3.63) is 71.1 Å². The van der Waals surface area contributed by atoms with Gasteiger partial charge in [-0.2, -0.15) is 0 Å². The minimum atomic E-state index is -3.69. The van der Waals surface area contributed by atoms with Crippen LogP contribution in [0.5, 0.6) is 0 Å². The molecule has 1 aliphatic carbocycles. The van der Waals surface area contributed by atoms with Gasteiger partial charge in [-0.3, -0.25) is 9.78 Å². The lowest BCUT2D eigenvalue weighted by atomic mass is 9.88. The summed E-state index contributed by atoms with van der Waals surface area (Å²) >= 11 is 0. The summed E-state index contributed by atoms with van der Waals surface area (Å²) in [5.41, 5.74) is 4.88. The number of rotatable bonds is 5. The third-order valence-corrected chi connectivity index (χ3v) is 6.15. The summed E-state index contributed by atoms with van der Waals surface area (Å²) in [7, 11) is 0. The normalized spacial score (nSPS) is 20.9. The second kappa shape index (κ2) is 12.3. The van der Waals surface area contributed by atoms with E-state index in [-0.39, 0.29) is 49.1 Å². The molecule has 0 radical (unpaired) electrons. The molecule has 4 rings (SSSR count). The lowest BCUT2D eigenvalue weighted by molar-refractivity contribution is -0.112. The Kier molecular flexibility index (Phi) is 10.1. The molecule has 0 saturated carbocycles. The lowest BCUT2D eigenvalue weighted by Gasteiger charge is -2.37. The third-order valence-electron chi connectivity index (χ3n) is 6.15. The lowest BCUT2D eigenvalue weighted by Crippen LogP contribution is -2.46. The first-order valence-electron chi connectivity index (χ1n) is 11.3. The van der Waals surface area contributed by atoms with Crippen molar-refractivity contribution >= 4 is 47.7 Å². The second-order valence-corrected chi connectivity index (χ2v) is 9.01. The van der Waals surface area contributed by atoms with E-state index in [0.29, 0.717) is 24.5 Å². The average molecular weight is 563 g/mol. The number of aliphatic hydroxyl groups excluding tert-OH is 1. The number of carbonyl (C=O) groups is 1. The molecule has 1 fully saturated rings. The molecular formula is C25H28Cl2F4N4O2. The van der Waals surface area contributed by atoms with Gasteiger partial charge in [-0.15, -0.1) is 24.8 Å². The van der Waals surface area contributed by atoms with Crippen LogP contribution in [0, 0.1) is 11.7 Å². The van der Waals surface area contributed by atoms with E-state index in [1.165, 1.54) is 18.3 Å². The van der Waals surface area contributed by atoms with Gasteiger partial charge < -0.3 is 21.1 Å². The van der Waals surface area contributed by atoms with Gasteiger partial charge in [-0.1, -0.05) is 31.2 Å². The van der Waals surface area contributed by atoms with Crippen LogP contribution in [0.1, 0.15) is 31.0 Å².